The second kappa shape index (κ2) is 10.5. The molecule has 210 valence electrons. The van der Waals surface area contributed by atoms with Crippen molar-refractivity contribution in [2.45, 2.75) is 65.9 Å². The lowest BCUT2D eigenvalue weighted by molar-refractivity contribution is -0.138. The number of carbonyl (C=O) groups excluding carboxylic acids is 2. The lowest BCUT2D eigenvalue weighted by Gasteiger charge is -2.48. The number of ketones is 2. The van der Waals surface area contributed by atoms with Gasteiger partial charge in [-0.25, -0.2) is 0 Å². The standard InChI is InChI=1S/C32H33BrClNO5/c1-31(2)12-22-29(24(36)14-31)28(30-23(35(22)16-27(38)39)13-32(3,4)15-25(30)37)19-7-10-26(21(33)11-19)40-17-18-5-8-20(34)9-6-18/h5-11,28H,12-17H2,1-4H3,(H,38,39). The number of hydrogen-bond acceptors (Lipinski definition) is 5. The fourth-order valence-corrected chi connectivity index (χ4v) is 6.90. The van der Waals surface area contributed by atoms with Crippen molar-refractivity contribution in [3.63, 3.8) is 0 Å². The van der Waals surface area contributed by atoms with E-state index in [1.54, 1.807) is 4.90 Å². The molecule has 1 aliphatic heterocycles. The second-order valence-corrected chi connectivity index (χ2v) is 13.9. The second-order valence-electron chi connectivity index (χ2n) is 12.6. The van der Waals surface area contributed by atoms with Gasteiger partial charge in [-0.3, -0.25) is 14.4 Å². The molecular weight excluding hydrogens is 594 g/mol. The Morgan fingerprint density at radius 3 is 2.00 bits per heavy atom. The van der Waals surface area contributed by atoms with Gasteiger partial charge in [0.05, 0.1) is 4.47 Å². The molecule has 6 nitrogen and oxygen atoms in total. The van der Waals surface area contributed by atoms with Crippen molar-refractivity contribution in [3.05, 3.63) is 85.6 Å². The Kier molecular flexibility index (Phi) is 7.51. The third kappa shape index (κ3) is 5.64. The number of ether oxygens (including phenoxy) is 1. The average molecular weight is 627 g/mol. The molecule has 0 atom stereocenters. The number of hydrogen-bond donors (Lipinski definition) is 1. The van der Waals surface area contributed by atoms with Gasteiger partial charge >= 0.3 is 5.97 Å². The van der Waals surface area contributed by atoms with Crippen LogP contribution in [0.3, 0.4) is 0 Å². The lowest BCUT2D eigenvalue weighted by atomic mass is 9.63. The molecule has 2 aromatic rings. The van der Waals surface area contributed by atoms with Crippen LogP contribution in [0, 0.1) is 10.8 Å². The summed E-state index contributed by atoms with van der Waals surface area (Å²) in [6.45, 7) is 8.21. The highest BCUT2D eigenvalue weighted by Crippen LogP contribution is 2.54. The molecule has 0 unspecified atom stereocenters. The van der Waals surface area contributed by atoms with Crippen molar-refractivity contribution >= 4 is 45.1 Å². The van der Waals surface area contributed by atoms with Crippen LogP contribution in [-0.2, 0) is 21.0 Å². The van der Waals surface area contributed by atoms with E-state index in [2.05, 4.69) is 15.9 Å². The molecule has 3 aliphatic rings. The van der Waals surface area contributed by atoms with E-state index in [-0.39, 0.29) is 28.9 Å². The summed E-state index contributed by atoms with van der Waals surface area (Å²) in [4.78, 5) is 41.4. The maximum atomic E-state index is 13.8. The van der Waals surface area contributed by atoms with Gasteiger partial charge in [-0.2, -0.15) is 0 Å². The summed E-state index contributed by atoms with van der Waals surface area (Å²) in [5.41, 5.74) is 3.72. The highest BCUT2D eigenvalue weighted by atomic mass is 79.9. The molecular formula is C32H33BrClNO5. The summed E-state index contributed by atoms with van der Waals surface area (Å²) < 4.78 is 6.77. The molecule has 5 rings (SSSR count). The van der Waals surface area contributed by atoms with Gasteiger partial charge < -0.3 is 14.7 Å². The van der Waals surface area contributed by atoms with Crippen molar-refractivity contribution in [3.8, 4) is 5.75 Å². The molecule has 1 N–H and O–H groups in total. The zero-order chi connectivity index (χ0) is 29.0. The van der Waals surface area contributed by atoms with Crippen molar-refractivity contribution in [1.29, 1.82) is 0 Å². The van der Waals surface area contributed by atoms with Crippen molar-refractivity contribution < 1.29 is 24.2 Å². The minimum atomic E-state index is -0.992. The largest absolute Gasteiger partial charge is 0.488 e. The molecule has 0 amide bonds. The van der Waals surface area contributed by atoms with Crippen LogP contribution in [0.2, 0.25) is 5.02 Å². The molecule has 1 heterocycles. The number of benzene rings is 2. The van der Waals surface area contributed by atoms with Gasteiger partial charge in [0.25, 0.3) is 0 Å². The van der Waals surface area contributed by atoms with E-state index >= 15 is 0 Å². The van der Waals surface area contributed by atoms with E-state index < -0.39 is 11.9 Å². The minimum Gasteiger partial charge on any atom is -0.488 e. The predicted molar refractivity (Wildman–Crippen MR) is 157 cm³/mol. The third-order valence-corrected chi connectivity index (χ3v) is 8.78. The SMILES string of the molecule is CC1(C)CC(=O)C2=C(C1)N(CC(=O)O)C1=C(C(=O)CC(C)(C)C1)C2c1ccc(OCc2ccc(Cl)cc2)c(Br)c1. The molecule has 0 saturated carbocycles. The molecule has 2 aromatic carbocycles. The first-order chi connectivity index (χ1) is 18.7. The maximum absolute atomic E-state index is 13.8. The topological polar surface area (TPSA) is 83.9 Å². The monoisotopic (exact) mass is 625 g/mol. The summed E-state index contributed by atoms with van der Waals surface area (Å²) in [7, 11) is 0. The van der Waals surface area contributed by atoms with E-state index in [1.807, 2.05) is 70.2 Å². The van der Waals surface area contributed by atoms with Crippen LogP contribution in [0.5, 0.6) is 5.75 Å². The Balaban J connectivity index is 1.60. The van der Waals surface area contributed by atoms with Crippen LogP contribution in [0.15, 0.2) is 69.5 Å². The molecule has 0 aromatic heterocycles. The van der Waals surface area contributed by atoms with Crippen LogP contribution < -0.4 is 4.74 Å². The van der Waals surface area contributed by atoms with Crippen LogP contribution in [-0.4, -0.2) is 34.1 Å². The molecule has 0 fully saturated rings. The Morgan fingerprint density at radius 1 is 0.950 bits per heavy atom. The van der Waals surface area contributed by atoms with E-state index in [0.717, 1.165) is 22.5 Å². The summed E-state index contributed by atoms with van der Waals surface area (Å²) in [6, 6.07) is 13.1. The fraction of sp³-hybridized carbons (Fsp3) is 0.406. The zero-order valence-corrected chi connectivity index (χ0v) is 25.5. The summed E-state index contributed by atoms with van der Waals surface area (Å²) in [5.74, 6) is -0.972. The molecule has 2 aliphatic carbocycles. The molecule has 0 spiro atoms. The quantitative estimate of drug-likeness (QED) is 0.359. The number of rotatable bonds is 6. The number of halogens is 2. The normalized spacial score (nSPS) is 20.4. The van der Waals surface area contributed by atoms with E-state index in [9.17, 15) is 19.5 Å². The molecule has 8 heteroatoms. The summed E-state index contributed by atoms with van der Waals surface area (Å²) >= 11 is 9.64. The van der Waals surface area contributed by atoms with Crippen molar-refractivity contribution in [1.82, 2.24) is 4.90 Å². The fourth-order valence-electron chi connectivity index (χ4n) is 6.26. The third-order valence-electron chi connectivity index (χ3n) is 7.91. The van der Waals surface area contributed by atoms with Gasteiger partial charge in [0.2, 0.25) is 0 Å². The van der Waals surface area contributed by atoms with Gasteiger partial charge in [0.1, 0.15) is 18.9 Å². The Morgan fingerprint density at radius 2 is 1.50 bits per heavy atom. The Hall–Kier alpha value is -2.90. The van der Waals surface area contributed by atoms with Crippen LogP contribution in [0.25, 0.3) is 0 Å². The lowest BCUT2D eigenvalue weighted by Crippen LogP contribution is -2.45. The van der Waals surface area contributed by atoms with E-state index in [4.69, 9.17) is 16.3 Å². The first-order valence-electron chi connectivity index (χ1n) is 13.4. The number of carbonyl (C=O) groups is 3. The van der Waals surface area contributed by atoms with Crippen molar-refractivity contribution in [2.24, 2.45) is 10.8 Å². The highest BCUT2D eigenvalue weighted by molar-refractivity contribution is 9.10. The smallest absolute Gasteiger partial charge is 0.323 e. The van der Waals surface area contributed by atoms with Gasteiger partial charge in [-0.05, 0) is 75.0 Å². The Bertz CT molecular complexity index is 1420. The minimum absolute atomic E-state index is 0.0324. The molecule has 40 heavy (non-hydrogen) atoms. The zero-order valence-electron chi connectivity index (χ0n) is 23.1. The number of carboxylic acid groups (broad SMARTS) is 1. The number of aliphatic carboxylic acids is 1. The number of nitrogens with zero attached hydrogens (tertiary/aromatic N) is 1. The van der Waals surface area contributed by atoms with Crippen LogP contribution in [0.1, 0.15) is 70.4 Å². The summed E-state index contributed by atoms with van der Waals surface area (Å²) in [5, 5.41) is 10.5. The van der Waals surface area contributed by atoms with Gasteiger partial charge in [0.15, 0.2) is 11.6 Å². The van der Waals surface area contributed by atoms with Crippen molar-refractivity contribution in [2.75, 3.05) is 6.54 Å². The van der Waals surface area contributed by atoms with E-state index in [0.29, 0.717) is 58.7 Å². The first-order valence-corrected chi connectivity index (χ1v) is 14.6. The average Bonchev–Trinajstić information content (AvgIpc) is 2.83. The summed E-state index contributed by atoms with van der Waals surface area (Å²) in [6.07, 6.45) is 1.81. The molecule has 0 saturated heterocycles. The number of carboxylic acids is 1. The maximum Gasteiger partial charge on any atom is 0.323 e. The Labute approximate surface area is 248 Å². The highest BCUT2D eigenvalue weighted by Gasteiger charge is 2.49. The van der Waals surface area contributed by atoms with Gasteiger partial charge in [-0.15, -0.1) is 0 Å². The van der Waals surface area contributed by atoms with Crippen LogP contribution >= 0.6 is 27.5 Å². The predicted octanol–water partition coefficient (Wildman–Crippen LogP) is 7.45. The molecule has 0 radical (unpaired) electrons. The van der Waals surface area contributed by atoms with Crippen LogP contribution in [0.4, 0.5) is 0 Å². The first kappa shape index (κ1) is 28.6. The van der Waals surface area contributed by atoms with Gasteiger partial charge in [-0.1, -0.05) is 57.5 Å². The number of Topliss-reactive ketones (excluding diaryl/α,β-unsaturated/α-hetero) is 2. The molecule has 0 bridgehead atoms. The number of allylic oxidation sites excluding steroid dienone is 4. The van der Waals surface area contributed by atoms with Gasteiger partial charge in [0, 0.05) is 46.3 Å². The van der Waals surface area contributed by atoms with E-state index in [1.165, 1.54) is 0 Å².